The number of nitrogens with zero attached hydrogens (tertiary/aromatic N) is 3. The highest BCUT2D eigenvalue weighted by Gasteiger charge is 2.24. The smallest absolute Gasteiger partial charge is 0.342 e. The Morgan fingerprint density at radius 2 is 1.53 bits per heavy atom. The Morgan fingerprint density at radius 1 is 0.889 bits per heavy atom. The SMILES string of the molecule is COc1cccc(-n2c(=O)n(Cc3c(Cl)cccc3Cl)c(=O)n([C@@H](N)Cc3ccccc3)c2=O)c1F. The van der Waals surface area contributed by atoms with Gasteiger partial charge >= 0.3 is 17.1 Å². The van der Waals surface area contributed by atoms with Crippen molar-refractivity contribution in [3.63, 3.8) is 0 Å². The molecule has 1 heterocycles. The molecule has 0 unspecified atom stereocenters. The van der Waals surface area contributed by atoms with Crippen molar-refractivity contribution in [2.45, 2.75) is 19.1 Å². The number of ether oxygens (including phenoxy) is 1. The molecule has 0 aliphatic heterocycles. The lowest BCUT2D eigenvalue weighted by molar-refractivity contribution is 0.382. The minimum Gasteiger partial charge on any atom is -0.494 e. The van der Waals surface area contributed by atoms with Crippen LogP contribution in [0.2, 0.25) is 10.0 Å². The molecule has 11 heteroatoms. The van der Waals surface area contributed by atoms with Crippen molar-refractivity contribution in [2.24, 2.45) is 5.73 Å². The molecule has 3 aromatic carbocycles. The van der Waals surface area contributed by atoms with Gasteiger partial charge in [-0.3, -0.25) is 0 Å². The summed E-state index contributed by atoms with van der Waals surface area (Å²) in [5.74, 6) is -1.14. The lowest BCUT2D eigenvalue weighted by Crippen LogP contribution is -2.56. The Labute approximate surface area is 214 Å². The van der Waals surface area contributed by atoms with Gasteiger partial charge in [0, 0.05) is 22.0 Å². The van der Waals surface area contributed by atoms with Crippen LogP contribution in [0.1, 0.15) is 17.3 Å². The quantitative estimate of drug-likeness (QED) is 0.394. The van der Waals surface area contributed by atoms with Gasteiger partial charge in [0.05, 0.1) is 25.5 Å². The fraction of sp³-hybridized carbons (Fsp3) is 0.160. The zero-order valence-corrected chi connectivity index (χ0v) is 20.5. The predicted octanol–water partition coefficient (Wildman–Crippen LogP) is 3.36. The summed E-state index contributed by atoms with van der Waals surface area (Å²) in [6.07, 6.45) is -1.07. The number of rotatable bonds is 7. The fourth-order valence-corrected chi connectivity index (χ4v) is 4.36. The van der Waals surface area contributed by atoms with Gasteiger partial charge in [-0.1, -0.05) is 65.7 Å². The summed E-state index contributed by atoms with van der Waals surface area (Å²) < 4.78 is 22.2. The van der Waals surface area contributed by atoms with E-state index in [2.05, 4.69) is 0 Å². The number of methoxy groups -OCH3 is 1. The first-order valence-electron chi connectivity index (χ1n) is 10.8. The Kier molecular flexibility index (Phi) is 7.44. The third-order valence-electron chi connectivity index (χ3n) is 5.66. The Bertz CT molecular complexity index is 1580. The van der Waals surface area contributed by atoms with Crippen molar-refractivity contribution < 1.29 is 9.13 Å². The zero-order valence-electron chi connectivity index (χ0n) is 19.0. The molecule has 4 rings (SSSR count). The maximum atomic E-state index is 15.2. The molecule has 36 heavy (non-hydrogen) atoms. The van der Waals surface area contributed by atoms with E-state index in [-0.39, 0.29) is 34.3 Å². The number of hydrogen-bond donors (Lipinski definition) is 1. The first-order chi connectivity index (χ1) is 17.2. The van der Waals surface area contributed by atoms with Crippen LogP contribution >= 0.6 is 23.2 Å². The number of halogens is 3. The van der Waals surface area contributed by atoms with Gasteiger partial charge in [0.2, 0.25) is 0 Å². The van der Waals surface area contributed by atoms with Crippen LogP contribution in [0.15, 0.2) is 81.1 Å². The molecular formula is C25H21Cl2FN4O4. The first kappa shape index (κ1) is 25.4. The summed E-state index contributed by atoms with van der Waals surface area (Å²) in [5, 5.41) is 0.415. The van der Waals surface area contributed by atoms with Crippen LogP contribution in [-0.2, 0) is 13.0 Å². The van der Waals surface area contributed by atoms with E-state index in [0.29, 0.717) is 4.57 Å². The second kappa shape index (κ2) is 10.5. The molecule has 8 nitrogen and oxygen atoms in total. The van der Waals surface area contributed by atoms with Crippen molar-refractivity contribution >= 4 is 23.2 Å². The van der Waals surface area contributed by atoms with Crippen molar-refractivity contribution in [1.29, 1.82) is 0 Å². The van der Waals surface area contributed by atoms with E-state index in [9.17, 15) is 14.4 Å². The molecule has 0 bridgehead atoms. The van der Waals surface area contributed by atoms with Crippen LogP contribution < -0.4 is 27.5 Å². The van der Waals surface area contributed by atoms with Crippen LogP contribution in [0.3, 0.4) is 0 Å². The molecule has 2 N–H and O–H groups in total. The van der Waals surface area contributed by atoms with E-state index in [4.69, 9.17) is 33.7 Å². The summed E-state index contributed by atoms with van der Waals surface area (Å²) in [4.78, 5) is 40.5. The van der Waals surface area contributed by atoms with E-state index in [1.165, 1.54) is 25.3 Å². The van der Waals surface area contributed by atoms with Gasteiger partial charge in [-0.05, 0) is 29.8 Å². The molecule has 0 radical (unpaired) electrons. The standard InChI is InChI=1S/C25H21Cl2FN4O4/c1-36-20-12-6-11-19(22(20)28)31-23(33)30(14-16-17(26)9-5-10-18(16)27)24(34)32(25(31)35)21(29)13-15-7-3-2-4-8-15/h2-12,21H,13-14,29H2,1H3/t21-/m1/s1. The van der Waals surface area contributed by atoms with Crippen LogP contribution in [0.4, 0.5) is 4.39 Å². The summed E-state index contributed by atoms with van der Waals surface area (Å²) in [6.45, 7) is -0.375. The van der Waals surface area contributed by atoms with Crippen molar-refractivity contribution in [2.75, 3.05) is 7.11 Å². The van der Waals surface area contributed by atoms with Gasteiger partial charge in [0.15, 0.2) is 11.6 Å². The highest BCUT2D eigenvalue weighted by Crippen LogP contribution is 2.25. The molecule has 1 atom stereocenters. The molecule has 0 saturated carbocycles. The van der Waals surface area contributed by atoms with Gasteiger partial charge < -0.3 is 10.5 Å². The van der Waals surface area contributed by atoms with E-state index in [0.717, 1.165) is 14.7 Å². The average Bonchev–Trinajstić information content (AvgIpc) is 2.85. The molecule has 0 spiro atoms. The van der Waals surface area contributed by atoms with Gasteiger partial charge in [-0.15, -0.1) is 0 Å². The highest BCUT2D eigenvalue weighted by molar-refractivity contribution is 6.35. The van der Waals surface area contributed by atoms with Gasteiger partial charge in [-0.25, -0.2) is 32.5 Å². The van der Waals surface area contributed by atoms with Crippen molar-refractivity contribution in [3.8, 4) is 11.4 Å². The molecule has 0 aliphatic carbocycles. The molecule has 1 aromatic heterocycles. The maximum absolute atomic E-state index is 15.2. The van der Waals surface area contributed by atoms with Gasteiger partial charge in [0.1, 0.15) is 0 Å². The lowest BCUT2D eigenvalue weighted by atomic mass is 10.1. The van der Waals surface area contributed by atoms with E-state index < -0.39 is 34.7 Å². The van der Waals surface area contributed by atoms with Crippen LogP contribution in [0.25, 0.3) is 5.69 Å². The highest BCUT2D eigenvalue weighted by atomic mass is 35.5. The van der Waals surface area contributed by atoms with Crippen LogP contribution in [0, 0.1) is 5.82 Å². The van der Waals surface area contributed by atoms with E-state index in [1.807, 2.05) is 6.07 Å². The van der Waals surface area contributed by atoms with Gasteiger partial charge in [-0.2, -0.15) is 0 Å². The second-order valence-corrected chi connectivity index (χ2v) is 8.70. The molecule has 0 fully saturated rings. The minimum absolute atomic E-state index is 0.0988. The fourth-order valence-electron chi connectivity index (χ4n) is 3.85. The summed E-state index contributed by atoms with van der Waals surface area (Å²) in [5.41, 5.74) is 3.77. The Morgan fingerprint density at radius 3 is 2.17 bits per heavy atom. The first-order valence-corrected chi connectivity index (χ1v) is 11.5. The topological polar surface area (TPSA) is 101 Å². The average molecular weight is 531 g/mol. The normalized spacial score (nSPS) is 11.9. The number of aromatic nitrogens is 3. The molecule has 4 aromatic rings. The summed E-state index contributed by atoms with van der Waals surface area (Å²) in [7, 11) is 1.25. The maximum Gasteiger partial charge on any atom is 0.342 e. The summed E-state index contributed by atoms with van der Waals surface area (Å²) in [6, 6.07) is 17.6. The number of hydrogen-bond acceptors (Lipinski definition) is 5. The third-order valence-corrected chi connectivity index (χ3v) is 6.37. The molecule has 0 amide bonds. The Balaban J connectivity index is 2.00. The van der Waals surface area contributed by atoms with E-state index in [1.54, 1.807) is 42.5 Å². The predicted molar refractivity (Wildman–Crippen MR) is 136 cm³/mol. The largest absolute Gasteiger partial charge is 0.494 e. The van der Waals surface area contributed by atoms with Crippen molar-refractivity contribution in [1.82, 2.24) is 13.7 Å². The summed E-state index contributed by atoms with van der Waals surface area (Å²) >= 11 is 12.5. The van der Waals surface area contributed by atoms with Gasteiger partial charge in [0.25, 0.3) is 0 Å². The lowest BCUT2D eigenvalue weighted by Gasteiger charge is -2.19. The molecule has 0 saturated heterocycles. The zero-order chi connectivity index (χ0) is 26.0. The number of benzene rings is 3. The Hall–Kier alpha value is -3.66. The monoisotopic (exact) mass is 530 g/mol. The van der Waals surface area contributed by atoms with Crippen LogP contribution in [0.5, 0.6) is 5.75 Å². The van der Waals surface area contributed by atoms with Crippen molar-refractivity contribution in [3.05, 3.63) is 125 Å². The molecule has 186 valence electrons. The molecular weight excluding hydrogens is 510 g/mol. The minimum atomic E-state index is -1.17. The van der Waals surface area contributed by atoms with Crippen LogP contribution in [-0.4, -0.2) is 20.8 Å². The molecule has 0 aliphatic rings. The third kappa shape index (κ3) is 4.73. The van der Waals surface area contributed by atoms with E-state index >= 15 is 4.39 Å². The second-order valence-electron chi connectivity index (χ2n) is 7.89. The number of nitrogens with two attached hydrogens (primary N) is 1.